The van der Waals surface area contributed by atoms with E-state index in [-0.39, 0.29) is 0 Å². The molecule has 0 aliphatic rings. The Balaban J connectivity index is 1.31. The van der Waals surface area contributed by atoms with E-state index in [0.717, 1.165) is 0 Å². The summed E-state index contributed by atoms with van der Waals surface area (Å²) in [6, 6.07) is 60.6. The molecule has 1 heterocycles. The molecule has 0 unspecified atom stereocenters. The molecule has 1 heteroatoms. The largest absolute Gasteiger partial charge is 0.135 e. The summed E-state index contributed by atoms with van der Waals surface area (Å²) >= 11 is 1.90. The van der Waals surface area contributed by atoms with Crippen LogP contribution in [0.4, 0.5) is 0 Å². The molecule has 0 saturated carbocycles. The topological polar surface area (TPSA) is 0 Å². The standard InChI is InChI=1S/C47H30S/c1-29-32-16-5-7-18-34(32)46(35-19-8-6-17-33(29)35)40-24-13-25-43-47(40)41-28-31(26-27-42(41)48-43)45-38-22-11-9-20-36(38)44(30-14-3-2-4-15-30)37-21-10-12-23-39(37)45/h2-28H,1H3. The van der Waals surface area contributed by atoms with E-state index in [9.17, 15) is 0 Å². The molecule has 1 aromatic heterocycles. The molecule has 0 atom stereocenters. The van der Waals surface area contributed by atoms with Crippen molar-refractivity contribution in [2.45, 2.75) is 6.92 Å². The predicted molar refractivity (Wildman–Crippen MR) is 210 cm³/mol. The molecule has 0 spiro atoms. The summed E-state index contributed by atoms with van der Waals surface area (Å²) in [5.41, 5.74) is 9.06. The Bertz CT molecular complexity index is 2780. The molecule has 0 saturated heterocycles. The zero-order valence-electron chi connectivity index (χ0n) is 26.5. The molecular formula is C47H30S. The van der Waals surface area contributed by atoms with Gasteiger partial charge in [0.05, 0.1) is 0 Å². The number of hydrogen-bond donors (Lipinski definition) is 0. The highest BCUT2D eigenvalue weighted by Gasteiger charge is 2.20. The first kappa shape index (κ1) is 27.4. The lowest BCUT2D eigenvalue weighted by Crippen LogP contribution is -1.91. The smallest absolute Gasteiger partial charge is 0.0361 e. The van der Waals surface area contributed by atoms with Crippen molar-refractivity contribution in [3.05, 3.63) is 169 Å². The first-order valence-electron chi connectivity index (χ1n) is 16.6. The molecule has 9 aromatic carbocycles. The minimum Gasteiger partial charge on any atom is -0.135 e. The van der Waals surface area contributed by atoms with Gasteiger partial charge in [0.25, 0.3) is 0 Å². The van der Waals surface area contributed by atoms with Crippen LogP contribution in [0.2, 0.25) is 0 Å². The quantitative estimate of drug-likeness (QED) is 0.171. The van der Waals surface area contributed by atoms with Gasteiger partial charge in [0.1, 0.15) is 0 Å². The summed E-state index contributed by atoms with van der Waals surface area (Å²) < 4.78 is 2.64. The van der Waals surface area contributed by atoms with Crippen molar-refractivity contribution in [1.82, 2.24) is 0 Å². The van der Waals surface area contributed by atoms with Gasteiger partial charge < -0.3 is 0 Å². The van der Waals surface area contributed by atoms with Gasteiger partial charge in [-0.1, -0.05) is 146 Å². The van der Waals surface area contributed by atoms with Crippen LogP contribution in [0.1, 0.15) is 5.56 Å². The molecule has 48 heavy (non-hydrogen) atoms. The average molecular weight is 627 g/mol. The third-order valence-electron chi connectivity index (χ3n) is 10.2. The predicted octanol–water partition coefficient (Wildman–Crippen LogP) is 14.0. The van der Waals surface area contributed by atoms with Crippen LogP contribution in [0.15, 0.2) is 164 Å². The molecule has 10 aromatic rings. The highest BCUT2D eigenvalue weighted by molar-refractivity contribution is 7.26. The lowest BCUT2D eigenvalue weighted by Gasteiger charge is -2.18. The molecule has 0 amide bonds. The van der Waals surface area contributed by atoms with Crippen molar-refractivity contribution in [2.24, 2.45) is 0 Å². The summed E-state index contributed by atoms with van der Waals surface area (Å²) in [5, 5.41) is 13.0. The van der Waals surface area contributed by atoms with Crippen LogP contribution in [0.3, 0.4) is 0 Å². The first-order valence-corrected chi connectivity index (χ1v) is 17.4. The van der Waals surface area contributed by atoms with E-state index < -0.39 is 0 Å². The molecule has 0 bridgehead atoms. The maximum absolute atomic E-state index is 2.46. The van der Waals surface area contributed by atoms with Crippen LogP contribution in [0, 0.1) is 6.92 Å². The Morgan fingerprint density at radius 2 is 0.812 bits per heavy atom. The molecule has 10 rings (SSSR count). The molecule has 0 aliphatic heterocycles. The summed E-state index contributed by atoms with van der Waals surface area (Å²) in [6.07, 6.45) is 0. The van der Waals surface area contributed by atoms with E-state index in [2.05, 4.69) is 171 Å². The van der Waals surface area contributed by atoms with Crippen molar-refractivity contribution in [3.8, 4) is 33.4 Å². The third kappa shape index (κ3) is 3.95. The maximum Gasteiger partial charge on any atom is 0.0361 e. The van der Waals surface area contributed by atoms with Crippen molar-refractivity contribution in [2.75, 3.05) is 0 Å². The van der Waals surface area contributed by atoms with Crippen LogP contribution >= 0.6 is 11.3 Å². The molecular weight excluding hydrogens is 597 g/mol. The summed E-state index contributed by atoms with van der Waals surface area (Å²) in [7, 11) is 0. The van der Waals surface area contributed by atoms with E-state index in [0.29, 0.717) is 0 Å². The van der Waals surface area contributed by atoms with Crippen molar-refractivity contribution in [3.63, 3.8) is 0 Å². The average Bonchev–Trinajstić information content (AvgIpc) is 3.53. The Labute approximate surface area is 283 Å². The SMILES string of the molecule is Cc1c2ccccc2c(-c2cccc3sc4ccc(-c5c6ccccc6c(-c6ccccc6)c6ccccc56)cc4c23)c2ccccc12. The van der Waals surface area contributed by atoms with E-state index in [1.54, 1.807) is 0 Å². The minimum absolute atomic E-state index is 1.25. The second-order valence-electron chi connectivity index (χ2n) is 12.8. The fourth-order valence-corrected chi connectivity index (χ4v) is 9.30. The van der Waals surface area contributed by atoms with E-state index in [1.807, 2.05) is 11.3 Å². The van der Waals surface area contributed by atoms with Gasteiger partial charge >= 0.3 is 0 Å². The number of rotatable bonds is 3. The molecule has 0 N–H and O–H groups in total. The first-order chi connectivity index (χ1) is 23.8. The summed E-state index contributed by atoms with van der Waals surface area (Å²) in [6.45, 7) is 2.26. The summed E-state index contributed by atoms with van der Waals surface area (Å²) in [4.78, 5) is 0. The number of fused-ring (bicyclic) bond motifs is 7. The number of aryl methyl sites for hydroxylation is 1. The van der Waals surface area contributed by atoms with Gasteiger partial charge in [-0.3, -0.25) is 0 Å². The van der Waals surface area contributed by atoms with Gasteiger partial charge in [-0.15, -0.1) is 11.3 Å². The van der Waals surface area contributed by atoms with Gasteiger partial charge in [-0.05, 0) is 107 Å². The zero-order chi connectivity index (χ0) is 31.8. The highest BCUT2D eigenvalue weighted by Crippen LogP contribution is 2.48. The number of benzene rings is 9. The Hall–Kier alpha value is -5.76. The van der Waals surface area contributed by atoms with Crippen LogP contribution in [0.25, 0.3) is 96.6 Å². The van der Waals surface area contributed by atoms with E-state index in [1.165, 1.54) is 102 Å². The Morgan fingerprint density at radius 1 is 0.333 bits per heavy atom. The molecule has 224 valence electrons. The van der Waals surface area contributed by atoms with E-state index in [4.69, 9.17) is 0 Å². The van der Waals surface area contributed by atoms with Crippen molar-refractivity contribution in [1.29, 1.82) is 0 Å². The zero-order valence-corrected chi connectivity index (χ0v) is 27.3. The molecule has 0 aliphatic carbocycles. The summed E-state index contributed by atoms with van der Waals surface area (Å²) in [5.74, 6) is 0. The number of hydrogen-bond acceptors (Lipinski definition) is 1. The van der Waals surface area contributed by atoms with Crippen LogP contribution in [-0.2, 0) is 0 Å². The van der Waals surface area contributed by atoms with Crippen molar-refractivity contribution < 1.29 is 0 Å². The Kier molecular flexibility index (Phi) is 6.06. The van der Waals surface area contributed by atoms with Gasteiger partial charge in [0, 0.05) is 20.2 Å². The Morgan fingerprint density at radius 3 is 1.38 bits per heavy atom. The fourth-order valence-electron chi connectivity index (χ4n) is 8.18. The van der Waals surface area contributed by atoms with Gasteiger partial charge in [0.15, 0.2) is 0 Å². The monoisotopic (exact) mass is 626 g/mol. The number of thiophene rings is 1. The van der Waals surface area contributed by atoms with Crippen molar-refractivity contribution >= 4 is 74.6 Å². The van der Waals surface area contributed by atoms with Gasteiger partial charge in [-0.25, -0.2) is 0 Å². The minimum atomic E-state index is 1.25. The normalized spacial score (nSPS) is 11.9. The van der Waals surface area contributed by atoms with Gasteiger partial charge in [-0.2, -0.15) is 0 Å². The van der Waals surface area contributed by atoms with Gasteiger partial charge in [0.2, 0.25) is 0 Å². The fraction of sp³-hybridized carbons (Fsp3) is 0.0213. The molecule has 0 radical (unpaired) electrons. The lowest BCUT2D eigenvalue weighted by molar-refractivity contribution is 1.58. The van der Waals surface area contributed by atoms with Crippen LogP contribution in [-0.4, -0.2) is 0 Å². The molecule has 0 nitrogen and oxygen atoms in total. The highest BCUT2D eigenvalue weighted by atomic mass is 32.1. The van der Waals surface area contributed by atoms with Crippen LogP contribution in [0.5, 0.6) is 0 Å². The molecule has 0 fully saturated rings. The van der Waals surface area contributed by atoms with Crippen LogP contribution < -0.4 is 0 Å². The maximum atomic E-state index is 2.46. The lowest BCUT2D eigenvalue weighted by atomic mass is 9.85. The second-order valence-corrected chi connectivity index (χ2v) is 13.9. The van der Waals surface area contributed by atoms with E-state index >= 15 is 0 Å². The third-order valence-corrected chi connectivity index (χ3v) is 11.4. The second kappa shape index (κ2) is 10.6.